The molecule has 0 aliphatic heterocycles. The summed E-state index contributed by atoms with van der Waals surface area (Å²) >= 11 is 5.44. The molecule has 0 aromatic heterocycles. The zero-order valence-corrected chi connectivity index (χ0v) is 9.27. The third-order valence-corrected chi connectivity index (χ3v) is 2.07. The van der Waals surface area contributed by atoms with E-state index >= 15 is 0 Å². The van der Waals surface area contributed by atoms with Crippen molar-refractivity contribution in [3.8, 4) is 11.8 Å². The van der Waals surface area contributed by atoms with E-state index in [4.69, 9.17) is 11.6 Å². The number of alkyl halides is 1. The van der Waals surface area contributed by atoms with Crippen LogP contribution in [0.2, 0.25) is 0 Å². The first-order chi connectivity index (χ1) is 7.27. The number of Topliss-reactive ketones (excluding diaryl/α,β-unsaturated/α-hetero) is 1. The van der Waals surface area contributed by atoms with Gasteiger partial charge in [0.15, 0.2) is 5.78 Å². The van der Waals surface area contributed by atoms with Crippen LogP contribution in [0.15, 0.2) is 24.3 Å². The Morgan fingerprint density at radius 3 is 2.60 bits per heavy atom. The van der Waals surface area contributed by atoms with Crippen molar-refractivity contribution in [1.29, 1.82) is 0 Å². The normalized spacial score (nSPS) is 9.20. The van der Waals surface area contributed by atoms with Crippen molar-refractivity contribution < 1.29 is 4.79 Å². The number of halogens is 1. The third-order valence-electron chi connectivity index (χ3n) is 1.83. The lowest BCUT2D eigenvalue weighted by atomic mass is 10.1. The second kappa shape index (κ2) is 6.23. The topological polar surface area (TPSA) is 29.1 Å². The van der Waals surface area contributed by atoms with E-state index in [0.717, 1.165) is 5.56 Å². The monoisotopic (exact) mass is 221 g/mol. The highest BCUT2D eigenvalue weighted by Gasteiger charge is 2.01. The summed E-state index contributed by atoms with van der Waals surface area (Å²) < 4.78 is 0. The van der Waals surface area contributed by atoms with Crippen molar-refractivity contribution in [3.05, 3.63) is 35.4 Å². The van der Waals surface area contributed by atoms with Crippen LogP contribution in [0.5, 0.6) is 0 Å². The molecule has 0 saturated heterocycles. The number of hydrogen-bond donors (Lipinski definition) is 1. The van der Waals surface area contributed by atoms with E-state index in [1.54, 1.807) is 12.1 Å². The Morgan fingerprint density at radius 1 is 1.40 bits per heavy atom. The largest absolute Gasteiger partial charge is 0.309 e. The Balaban J connectivity index is 2.73. The number of rotatable bonds is 3. The van der Waals surface area contributed by atoms with E-state index in [2.05, 4.69) is 17.2 Å². The molecule has 1 rings (SSSR count). The second-order valence-electron chi connectivity index (χ2n) is 2.97. The molecule has 0 saturated carbocycles. The lowest BCUT2D eigenvalue weighted by Crippen LogP contribution is -2.04. The van der Waals surface area contributed by atoms with Gasteiger partial charge in [0.2, 0.25) is 0 Å². The van der Waals surface area contributed by atoms with Gasteiger partial charge in [-0.2, -0.15) is 0 Å². The van der Waals surface area contributed by atoms with E-state index in [1.165, 1.54) is 0 Å². The highest BCUT2D eigenvalue weighted by atomic mass is 35.5. The first kappa shape index (κ1) is 11.8. The quantitative estimate of drug-likeness (QED) is 0.478. The summed E-state index contributed by atoms with van der Waals surface area (Å²) in [5.41, 5.74) is 1.53. The average Bonchev–Trinajstić information content (AvgIpc) is 2.29. The first-order valence-corrected chi connectivity index (χ1v) is 5.14. The highest BCUT2D eigenvalue weighted by molar-refractivity contribution is 6.30. The number of hydrogen-bond acceptors (Lipinski definition) is 2. The summed E-state index contributed by atoms with van der Waals surface area (Å²) in [6.45, 7) is 0.655. The van der Waals surface area contributed by atoms with Gasteiger partial charge in [0, 0.05) is 11.1 Å². The van der Waals surface area contributed by atoms with E-state index in [1.807, 2.05) is 19.2 Å². The minimum atomic E-state index is -0.0635. The lowest BCUT2D eigenvalue weighted by Gasteiger charge is -1.96. The van der Waals surface area contributed by atoms with Crippen molar-refractivity contribution >= 4 is 17.4 Å². The summed E-state index contributed by atoms with van der Waals surface area (Å²) in [5, 5.41) is 2.93. The van der Waals surface area contributed by atoms with E-state index in [0.29, 0.717) is 12.1 Å². The van der Waals surface area contributed by atoms with Crippen LogP contribution in [0.4, 0.5) is 0 Å². The van der Waals surface area contributed by atoms with Crippen LogP contribution in [0.25, 0.3) is 0 Å². The maximum absolute atomic E-state index is 11.2. The van der Waals surface area contributed by atoms with Crippen LogP contribution < -0.4 is 5.32 Å². The molecule has 0 aliphatic rings. The SMILES string of the molecule is CNCC#Cc1ccc(C(=O)CCl)cc1. The maximum atomic E-state index is 11.2. The fourth-order valence-electron chi connectivity index (χ4n) is 1.05. The van der Waals surface area contributed by atoms with Crippen molar-refractivity contribution in [2.75, 3.05) is 19.5 Å². The highest BCUT2D eigenvalue weighted by Crippen LogP contribution is 2.04. The summed E-state index contributed by atoms with van der Waals surface area (Å²) in [6.07, 6.45) is 0. The molecule has 0 bridgehead atoms. The first-order valence-electron chi connectivity index (χ1n) is 4.60. The maximum Gasteiger partial charge on any atom is 0.177 e. The molecule has 0 radical (unpaired) electrons. The molecule has 1 N–H and O–H groups in total. The van der Waals surface area contributed by atoms with Gasteiger partial charge in [-0.05, 0) is 19.2 Å². The Kier molecular flexibility index (Phi) is 4.89. The summed E-state index contributed by atoms with van der Waals surface area (Å²) in [7, 11) is 1.84. The Labute approximate surface area is 94.6 Å². The molecule has 0 atom stereocenters. The molecular weight excluding hydrogens is 210 g/mol. The predicted molar refractivity (Wildman–Crippen MR) is 62.3 cm³/mol. The van der Waals surface area contributed by atoms with Crippen LogP contribution in [-0.4, -0.2) is 25.3 Å². The Morgan fingerprint density at radius 2 is 2.07 bits per heavy atom. The standard InChI is InChI=1S/C12H12ClNO/c1-14-8-2-3-10-4-6-11(7-5-10)12(15)9-13/h4-7,14H,8-9H2,1H3. The molecule has 0 fully saturated rings. The van der Waals surface area contributed by atoms with Crippen LogP contribution in [0, 0.1) is 11.8 Å². The summed E-state index contributed by atoms with van der Waals surface area (Å²) in [5.74, 6) is 5.87. The van der Waals surface area contributed by atoms with Gasteiger partial charge in [0.25, 0.3) is 0 Å². The molecular formula is C12H12ClNO. The van der Waals surface area contributed by atoms with Crippen LogP contribution in [0.1, 0.15) is 15.9 Å². The van der Waals surface area contributed by atoms with Crippen LogP contribution >= 0.6 is 11.6 Å². The molecule has 15 heavy (non-hydrogen) atoms. The van der Waals surface area contributed by atoms with Gasteiger partial charge in [0.05, 0.1) is 12.4 Å². The second-order valence-corrected chi connectivity index (χ2v) is 3.23. The van der Waals surface area contributed by atoms with Gasteiger partial charge in [0.1, 0.15) is 0 Å². The Bertz CT molecular complexity index is 386. The minimum absolute atomic E-state index is 0.0186. The number of carbonyl (C=O) groups is 1. The summed E-state index contributed by atoms with van der Waals surface area (Å²) in [6, 6.07) is 7.13. The molecule has 0 heterocycles. The molecule has 3 heteroatoms. The van der Waals surface area contributed by atoms with Gasteiger partial charge in [-0.3, -0.25) is 4.79 Å². The van der Waals surface area contributed by atoms with E-state index in [-0.39, 0.29) is 11.7 Å². The molecule has 2 nitrogen and oxygen atoms in total. The molecule has 1 aromatic rings. The lowest BCUT2D eigenvalue weighted by molar-refractivity contribution is 0.102. The van der Waals surface area contributed by atoms with Gasteiger partial charge >= 0.3 is 0 Å². The summed E-state index contributed by atoms with van der Waals surface area (Å²) in [4.78, 5) is 11.2. The molecule has 0 spiro atoms. The predicted octanol–water partition coefficient (Wildman–Crippen LogP) is 1.68. The van der Waals surface area contributed by atoms with Crippen molar-refractivity contribution in [2.24, 2.45) is 0 Å². The molecule has 1 aromatic carbocycles. The van der Waals surface area contributed by atoms with E-state index < -0.39 is 0 Å². The zero-order chi connectivity index (χ0) is 11.1. The zero-order valence-electron chi connectivity index (χ0n) is 8.51. The molecule has 0 aliphatic carbocycles. The number of benzene rings is 1. The van der Waals surface area contributed by atoms with Crippen molar-refractivity contribution in [2.45, 2.75) is 0 Å². The molecule has 78 valence electrons. The van der Waals surface area contributed by atoms with Gasteiger partial charge in [-0.25, -0.2) is 0 Å². The van der Waals surface area contributed by atoms with Gasteiger partial charge < -0.3 is 5.32 Å². The minimum Gasteiger partial charge on any atom is -0.309 e. The van der Waals surface area contributed by atoms with Gasteiger partial charge in [-0.15, -0.1) is 11.6 Å². The van der Waals surface area contributed by atoms with Crippen LogP contribution in [0.3, 0.4) is 0 Å². The van der Waals surface area contributed by atoms with Crippen LogP contribution in [-0.2, 0) is 0 Å². The number of ketones is 1. The van der Waals surface area contributed by atoms with Gasteiger partial charge in [-0.1, -0.05) is 24.0 Å². The third kappa shape index (κ3) is 3.75. The van der Waals surface area contributed by atoms with Crippen molar-refractivity contribution in [3.63, 3.8) is 0 Å². The fraction of sp³-hybridized carbons (Fsp3) is 0.250. The fourth-order valence-corrected chi connectivity index (χ4v) is 1.21. The van der Waals surface area contributed by atoms with E-state index in [9.17, 15) is 4.79 Å². The Hall–Kier alpha value is -1.30. The average molecular weight is 222 g/mol. The number of nitrogens with one attached hydrogen (secondary N) is 1. The smallest absolute Gasteiger partial charge is 0.177 e. The number of carbonyl (C=O) groups excluding carboxylic acids is 1. The molecule has 0 amide bonds. The molecule has 0 unspecified atom stereocenters. The van der Waals surface area contributed by atoms with Crippen molar-refractivity contribution in [1.82, 2.24) is 5.32 Å².